The summed E-state index contributed by atoms with van der Waals surface area (Å²) in [5.41, 5.74) is 2.64. The third-order valence-corrected chi connectivity index (χ3v) is 4.32. The Morgan fingerprint density at radius 2 is 2.15 bits per heavy atom. The Bertz CT molecular complexity index is 436. The molecule has 1 saturated heterocycles. The molecule has 0 aliphatic carbocycles. The van der Waals surface area contributed by atoms with Crippen molar-refractivity contribution in [2.75, 3.05) is 38.1 Å². The Morgan fingerprint density at radius 3 is 2.85 bits per heavy atom. The molecule has 0 radical (unpaired) electrons. The first-order valence-corrected chi connectivity index (χ1v) is 7.94. The average Bonchev–Trinajstić information content (AvgIpc) is 2.43. The lowest BCUT2D eigenvalue weighted by atomic mass is 10.1. The lowest BCUT2D eigenvalue weighted by molar-refractivity contribution is 0.234. The predicted octanol–water partition coefficient (Wildman–Crippen LogP) is 2.98. The molecule has 20 heavy (non-hydrogen) atoms. The summed E-state index contributed by atoms with van der Waals surface area (Å²) in [5, 5.41) is 4.31. The summed E-state index contributed by atoms with van der Waals surface area (Å²) in [5.74, 6) is 0. The maximum Gasteiger partial charge on any atom is 0.0413 e. The second kappa shape index (κ2) is 7.30. The number of piperazine rings is 1. The molecule has 1 fully saturated rings. The van der Waals surface area contributed by atoms with E-state index < -0.39 is 0 Å². The van der Waals surface area contributed by atoms with Crippen LogP contribution >= 0.6 is 11.6 Å². The van der Waals surface area contributed by atoms with E-state index in [0.717, 1.165) is 44.2 Å². The standard InChI is InChI=1S/C16H26ClN3/c1-4-7-18-11-14-10-15(17)5-6-16(14)20-9-8-19(3)13(2)12-20/h5-6,10,13,18H,4,7-9,11-12H2,1-3H3. The van der Waals surface area contributed by atoms with Gasteiger partial charge in [-0.1, -0.05) is 18.5 Å². The number of benzene rings is 1. The number of anilines is 1. The summed E-state index contributed by atoms with van der Waals surface area (Å²) in [7, 11) is 2.20. The SMILES string of the molecule is CCCNCc1cc(Cl)ccc1N1CCN(C)C(C)C1. The molecule has 3 nitrogen and oxygen atoms in total. The van der Waals surface area contributed by atoms with Gasteiger partial charge in [-0.3, -0.25) is 0 Å². The monoisotopic (exact) mass is 295 g/mol. The molecule has 1 heterocycles. The summed E-state index contributed by atoms with van der Waals surface area (Å²) in [4.78, 5) is 4.91. The van der Waals surface area contributed by atoms with E-state index in [1.165, 1.54) is 11.3 Å². The lowest BCUT2D eigenvalue weighted by Gasteiger charge is -2.39. The summed E-state index contributed by atoms with van der Waals surface area (Å²) in [6.45, 7) is 9.70. The maximum absolute atomic E-state index is 6.17. The molecule has 0 amide bonds. The zero-order valence-corrected chi connectivity index (χ0v) is 13.6. The van der Waals surface area contributed by atoms with Crippen molar-refractivity contribution in [1.82, 2.24) is 10.2 Å². The summed E-state index contributed by atoms with van der Waals surface area (Å²) >= 11 is 6.17. The van der Waals surface area contributed by atoms with Crippen molar-refractivity contribution in [3.05, 3.63) is 28.8 Å². The van der Waals surface area contributed by atoms with Gasteiger partial charge in [0.05, 0.1) is 0 Å². The highest BCUT2D eigenvalue weighted by molar-refractivity contribution is 6.30. The molecule has 1 aliphatic heterocycles. The van der Waals surface area contributed by atoms with Crippen molar-refractivity contribution in [2.24, 2.45) is 0 Å². The van der Waals surface area contributed by atoms with Crippen molar-refractivity contribution in [3.63, 3.8) is 0 Å². The van der Waals surface area contributed by atoms with Gasteiger partial charge in [0.15, 0.2) is 0 Å². The van der Waals surface area contributed by atoms with Crippen LogP contribution < -0.4 is 10.2 Å². The molecule has 0 saturated carbocycles. The third-order valence-electron chi connectivity index (χ3n) is 4.08. The normalized spacial score (nSPS) is 20.4. The molecule has 2 rings (SSSR count). The molecule has 0 bridgehead atoms. The van der Waals surface area contributed by atoms with Crippen molar-refractivity contribution >= 4 is 17.3 Å². The van der Waals surface area contributed by atoms with Gasteiger partial charge in [-0.2, -0.15) is 0 Å². The Morgan fingerprint density at radius 1 is 1.35 bits per heavy atom. The highest BCUT2D eigenvalue weighted by Crippen LogP contribution is 2.26. The van der Waals surface area contributed by atoms with Crippen molar-refractivity contribution < 1.29 is 0 Å². The number of likely N-dealkylation sites (N-methyl/N-ethyl adjacent to an activating group) is 1. The van der Waals surface area contributed by atoms with Crippen LogP contribution in [-0.2, 0) is 6.54 Å². The largest absolute Gasteiger partial charge is 0.368 e. The fraction of sp³-hybridized carbons (Fsp3) is 0.625. The number of halogens is 1. The minimum absolute atomic E-state index is 0.593. The Hall–Kier alpha value is -0.770. The summed E-state index contributed by atoms with van der Waals surface area (Å²) < 4.78 is 0. The van der Waals surface area contributed by atoms with E-state index in [4.69, 9.17) is 11.6 Å². The highest BCUT2D eigenvalue weighted by atomic mass is 35.5. The number of nitrogens with one attached hydrogen (secondary N) is 1. The molecule has 1 N–H and O–H groups in total. The Kier molecular flexibility index (Phi) is 5.70. The van der Waals surface area contributed by atoms with E-state index in [-0.39, 0.29) is 0 Å². The van der Waals surface area contributed by atoms with Crippen molar-refractivity contribution in [3.8, 4) is 0 Å². The molecule has 4 heteroatoms. The molecule has 1 aliphatic rings. The van der Waals surface area contributed by atoms with Gasteiger partial charge in [0, 0.05) is 42.9 Å². The molecule has 1 aromatic carbocycles. The zero-order valence-electron chi connectivity index (χ0n) is 12.8. The van der Waals surface area contributed by atoms with Gasteiger partial charge in [0.1, 0.15) is 0 Å². The number of hydrogen-bond donors (Lipinski definition) is 1. The van der Waals surface area contributed by atoms with Gasteiger partial charge in [-0.05, 0) is 50.7 Å². The third kappa shape index (κ3) is 3.87. The van der Waals surface area contributed by atoms with Gasteiger partial charge >= 0.3 is 0 Å². The first kappa shape index (κ1) is 15.6. The molecule has 0 spiro atoms. The van der Waals surface area contributed by atoms with Crippen LogP contribution in [-0.4, -0.2) is 44.2 Å². The van der Waals surface area contributed by atoms with Crippen LogP contribution in [0.3, 0.4) is 0 Å². The second-order valence-corrected chi connectivity index (χ2v) is 6.16. The van der Waals surface area contributed by atoms with Crippen molar-refractivity contribution in [1.29, 1.82) is 0 Å². The Balaban J connectivity index is 2.13. The van der Waals surface area contributed by atoms with Gasteiger partial charge < -0.3 is 15.1 Å². The van der Waals surface area contributed by atoms with E-state index in [9.17, 15) is 0 Å². The predicted molar refractivity (Wildman–Crippen MR) is 87.8 cm³/mol. The number of nitrogens with zero attached hydrogens (tertiary/aromatic N) is 2. The van der Waals surface area contributed by atoms with Crippen LogP contribution in [0.4, 0.5) is 5.69 Å². The minimum Gasteiger partial charge on any atom is -0.368 e. The summed E-state index contributed by atoms with van der Waals surface area (Å²) in [6, 6.07) is 6.87. The topological polar surface area (TPSA) is 18.5 Å². The molecule has 1 unspecified atom stereocenters. The van der Waals surface area contributed by atoms with E-state index in [1.807, 2.05) is 6.07 Å². The fourth-order valence-corrected chi connectivity index (χ4v) is 2.87. The first-order valence-electron chi connectivity index (χ1n) is 7.56. The van der Waals surface area contributed by atoms with Crippen LogP contribution in [0.2, 0.25) is 5.02 Å². The van der Waals surface area contributed by atoms with Gasteiger partial charge in [0.2, 0.25) is 0 Å². The molecular weight excluding hydrogens is 270 g/mol. The number of rotatable bonds is 5. The van der Waals surface area contributed by atoms with E-state index >= 15 is 0 Å². The van der Waals surface area contributed by atoms with E-state index in [1.54, 1.807) is 0 Å². The molecule has 0 aromatic heterocycles. The summed E-state index contributed by atoms with van der Waals surface area (Å²) in [6.07, 6.45) is 1.15. The molecule has 112 valence electrons. The minimum atomic E-state index is 0.593. The first-order chi connectivity index (χ1) is 9.61. The van der Waals surface area contributed by atoms with E-state index in [0.29, 0.717) is 6.04 Å². The van der Waals surface area contributed by atoms with Crippen LogP contribution in [0.1, 0.15) is 25.8 Å². The van der Waals surface area contributed by atoms with Gasteiger partial charge in [-0.25, -0.2) is 0 Å². The number of hydrogen-bond acceptors (Lipinski definition) is 3. The van der Waals surface area contributed by atoms with Crippen LogP contribution in [0.15, 0.2) is 18.2 Å². The highest BCUT2D eigenvalue weighted by Gasteiger charge is 2.22. The quantitative estimate of drug-likeness (QED) is 0.843. The van der Waals surface area contributed by atoms with Crippen LogP contribution in [0.5, 0.6) is 0 Å². The van der Waals surface area contributed by atoms with Crippen molar-refractivity contribution in [2.45, 2.75) is 32.9 Å². The van der Waals surface area contributed by atoms with Crippen LogP contribution in [0.25, 0.3) is 0 Å². The molecule has 1 atom stereocenters. The Labute approximate surface area is 127 Å². The average molecular weight is 296 g/mol. The second-order valence-electron chi connectivity index (χ2n) is 5.73. The molecular formula is C16H26ClN3. The van der Waals surface area contributed by atoms with Gasteiger partial charge in [0.25, 0.3) is 0 Å². The maximum atomic E-state index is 6.17. The lowest BCUT2D eigenvalue weighted by Crippen LogP contribution is -2.50. The fourth-order valence-electron chi connectivity index (χ4n) is 2.67. The van der Waals surface area contributed by atoms with Gasteiger partial charge in [-0.15, -0.1) is 0 Å². The molecule has 1 aromatic rings. The zero-order chi connectivity index (χ0) is 14.5. The van der Waals surface area contributed by atoms with E-state index in [2.05, 4.69) is 48.1 Å². The smallest absolute Gasteiger partial charge is 0.0413 e. The van der Waals surface area contributed by atoms with Crippen LogP contribution in [0, 0.1) is 0 Å².